The zero-order chi connectivity index (χ0) is 17.5. The second-order valence-corrected chi connectivity index (χ2v) is 7.02. The third kappa shape index (κ3) is 4.96. The van der Waals surface area contributed by atoms with Gasteiger partial charge in [-0.1, -0.05) is 23.9 Å². The van der Waals surface area contributed by atoms with E-state index in [1.807, 2.05) is 18.2 Å². The second kappa shape index (κ2) is 9.22. The summed E-state index contributed by atoms with van der Waals surface area (Å²) in [4.78, 5) is 19.1. The van der Waals surface area contributed by atoms with Gasteiger partial charge in [-0.15, -0.1) is 0 Å². The Morgan fingerprint density at radius 1 is 1.32 bits per heavy atom. The van der Waals surface area contributed by atoms with Crippen molar-refractivity contribution >= 4 is 28.7 Å². The lowest BCUT2D eigenvalue weighted by Gasteiger charge is -2.26. The first kappa shape index (κ1) is 18.2. The van der Waals surface area contributed by atoms with Gasteiger partial charge >= 0.3 is 0 Å². The molecule has 2 aromatic rings. The largest absolute Gasteiger partial charge is 0.379 e. The molecule has 0 saturated carbocycles. The molecule has 7 heteroatoms. The van der Waals surface area contributed by atoms with Crippen LogP contribution in [0.25, 0.3) is 11.0 Å². The van der Waals surface area contributed by atoms with Gasteiger partial charge in [-0.05, 0) is 32.0 Å². The molecule has 0 atom stereocenters. The van der Waals surface area contributed by atoms with Crippen molar-refractivity contribution in [2.24, 2.45) is 0 Å². The molecule has 136 valence electrons. The van der Waals surface area contributed by atoms with Gasteiger partial charge in [0.25, 0.3) is 0 Å². The third-order valence-corrected chi connectivity index (χ3v) is 5.32. The van der Waals surface area contributed by atoms with Gasteiger partial charge in [0.15, 0.2) is 5.16 Å². The topological polar surface area (TPSA) is 59.4 Å². The van der Waals surface area contributed by atoms with Gasteiger partial charge in [-0.2, -0.15) is 0 Å². The number of carbonyl (C=O) groups is 1. The summed E-state index contributed by atoms with van der Waals surface area (Å²) in [6.07, 6.45) is 0.976. The van der Waals surface area contributed by atoms with Gasteiger partial charge in [0.1, 0.15) is 0 Å². The molecule has 1 aliphatic rings. The summed E-state index contributed by atoms with van der Waals surface area (Å²) in [6, 6.07) is 8.09. The maximum absolute atomic E-state index is 12.1. The van der Waals surface area contributed by atoms with Crippen molar-refractivity contribution in [2.75, 3.05) is 45.1 Å². The summed E-state index contributed by atoms with van der Waals surface area (Å²) in [7, 11) is 0. The molecule has 1 fully saturated rings. The Labute approximate surface area is 152 Å². The predicted molar refractivity (Wildman–Crippen MR) is 101 cm³/mol. The standard InChI is InChI=1S/C18H26N4O2S/c1-2-22-16-7-4-3-6-15(16)20-18(22)25-14-17(23)19-8-5-9-21-10-12-24-13-11-21/h3-4,6-7H,2,5,8-14H2,1H3,(H,19,23). The first-order valence-electron chi connectivity index (χ1n) is 8.93. The number of para-hydroxylation sites is 2. The number of ether oxygens (including phenoxy) is 1. The van der Waals surface area contributed by atoms with Crippen LogP contribution in [-0.2, 0) is 16.1 Å². The molecule has 0 unspecified atom stereocenters. The van der Waals surface area contributed by atoms with Crippen molar-refractivity contribution in [2.45, 2.75) is 25.0 Å². The van der Waals surface area contributed by atoms with Crippen LogP contribution >= 0.6 is 11.8 Å². The molecule has 2 heterocycles. The first-order chi connectivity index (χ1) is 12.3. The lowest BCUT2D eigenvalue weighted by molar-refractivity contribution is -0.118. The summed E-state index contributed by atoms with van der Waals surface area (Å²) in [5, 5.41) is 3.92. The number of morpholine rings is 1. The average molecular weight is 362 g/mol. The maximum Gasteiger partial charge on any atom is 0.230 e. The number of fused-ring (bicyclic) bond motifs is 1. The van der Waals surface area contributed by atoms with Crippen LogP contribution in [0.15, 0.2) is 29.4 Å². The van der Waals surface area contributed by atoms with Crippen molar-refractivity contribution < 1.29 is 9.53 Å². The number of aromatic nitrogens is 2. The van der Waals surface area contributed by atoms with Gasteiger partial charge in [0.2, 0.25) is 5.91 Å². The molecule has 1 aromatic heterocycles. The summed E-state index contributed by atoms with van der Waals surface area (Å²) >= 11 is 1.50. The van der Waals surface area contributed by atoms with Crippen LogP contribution in [-0.4, -0.2) is 65.5 Å². The molecular weight excluding hydrogens is 336 g/mol. The van der Waals surface area contributed by atoms with E-state index < -0.39 is 0 Å². The van der Waals surface area contributed by atoms with E-state index in [-0.39, 0.29) is 5.91 Å². The highest BCUT2D eigenvalue weighted by atomic mass is 32.2. The van der Waals surface area contributed by atoms with Gasteiger partial charge in [0, 0.05) is 26.2 Å². The number of hydrogen-bond acceptors (Lipinski definition) is 5. The van der Waals surface area contributed by atoms with Gasteiger partial charge in [0.05, 0.1) is 30.0 Å². The van der Waals surface area contributed by atoms with Crippen molar-refractivity contribution in [3.8, 4) is 0 Å². The highest BCUT2D eigenvalue weighted by Crippen LogP contribution is 2.23. The van der Waals surface area contributed by atoms with Crippen LogP contribution in [0, 0.1) is 0 Å². The monoisotopic (exact) mass is 362 g/mol. The number of nitrogens with zero attached hydrogens (tertiary/aromatic N) is 3. The quantitative estimate of drug-likeness (QED) is 0.575. The lowest BCUT2D eigenvalue weighted by Crippen LogP contribution is -2.38. The molecule has 3 rings (SSSR count). The van der Waals surface area contributed by atoms with Gasteiger partial charge in [-0.25, -0.2) is 4.98 Å². The van der Waals surface area contributed by atoms with Crippen LogP contribution in [0.3, 0.4) is 0 Å². The van der Waals surface area contributed by atoms with Crippen molar-refractivity contribution in [3.63, 3.8) is 0 Å². The number of rotatable bonds is 8. The molecule has 1 amide bonds. The Balaban J connectivity index is 1.41. The molecule has 6 nitrogen and oxygen atoms in total. The number of benzene rings is 1. The van der Waals surface area contributed by atoms with Gasteiger partial charge < -0.3 is 14.6 Å². The SMILES string of the molecule is CCn1c(SCC(=O)NCCCN2CCOCC2)nc2ccccc21. The van der Waals surface area contributed by atoms with E-state index >= 15 is 0 Å². The van der Waals surface area contributed by atoms with E-state index in [9.17, 15) is 4.79 Å². The zero-order valence-electron chi connectivity index (χ0n) is 14.7. The van der Waals surface area contributed by atoms with E-state index in [4.69, 9.17) is 4.74 Å². The highest BCUT2D eigenvalue weighted by Gasteiger charge is 2.12. The van der Waals surface area contributed by atoms with E-state index in [2.05, 4.69) is 32.8 Å². The molecule has 0 aliphatic carbocycles. The minimum Gasteiger partial charge on any atom is -0.379 e. The average Bonchev–Trinajstić information content (AvgIpc) is 3.02. The fraction of sp³-hybridized carbons (Fsp3) is 0.556. The van der Waals surface area contributed by atoms with Crippen LogP contribution in [0.2, 0.25) is 0 Å². The molecule has 25 heavy (non-hydrogen) atoms. The van der Waals surface area contributed by atoms with E-state index in [1.54, 1.807) is 0 Å². The number of amides is 1. The fourth-order valence-electron chi connectivity index (χ4n) is 3.01. The number of nitrogens with one attached hydrogen (secondary N) is 1. The number of aryl methyl sites for hydroxylation is 1. The minimum absolute atomic E-state index is 0.0710. The smallest absolute Gasteiger partial charge is 0.230 e. The lowest BCUT2D eigenvalue weighted by atomic mass is 10.3. The summed E-state index contributed by atoms with van der Waals surface area (Å²) in [5.74, 6) is 0.475. The summed E-state index contributed by atoms with van der Waals surface area (Å²) in [5.41, 5.74) is 2.11. The predicted octanol–water partition coefficient (Wildman–Crippen LogP) is 1.99. The van der Waals surface area contributed by atoms with Crippen molar-refractivity contribution in [1.82, 2.24) is 19.8 Å². The fourth-order valence-corrected chi connectivity index (χ4v) is 3.91. The van der Waals surface area contributed by atoms with Crippen LogP contribution in [0.4, 0.5) is 0 Å². The Bertz CT molecular complexity index is 697. The first-order valence-corrected chi connectivity index (χ1v) is 9.91. The van der Waals surface area contributed by atoms with Crippen LogP contribution in [0.5, 0.6) is 0 Å². The molecular formula is C18H26N4O2S. The molecule has 1 aliphatic heterocycles. The number of carbonyl (C=O) groups excluding carboxylic acids is 1. The van der Waals surface area contributed by atoms with E-state index in [0.29, 0.717) is 5.75 Å². The number of imidazole rings is 1. The molecule has 1 N–H and O–H groups in total. The zero-order valence-corrected chi connectivity index (χ0v) is 15.6. The van der Waals surface area contributed by atoms with Crippen LogP contribution < -0.4 is 5.32 Å². The Morgan fingerprint density at radius 2 is 2.12 bits per heavy atom. The molecule has 1 aromatic carbocycles. The highest BCUT2D eigenvalue weighted by molar-refractivity contribution is 7.99. The van der Waals surface area contributed by atoms with Crippen molar-refractivity contribution in [1.29, 1.82) is 0 Å². The Kier molecular flexibility index (Phi) is 6.72. The molecule has 1 saturated heterocycles. The maximum atomic E-state index is 12.1. The molecule has 0 bridgehead atoms. The molecule has 0 radical (unpaired) electrons. The number of hydrogen-bond donors (Lipinski definition) is 1. The number of thioether (sulfide) groups is 1. The van der Waals surface area contributed by atoms with Crippen LogP contribution in [0.1, 0.15) is 13.3 Å². The molecule has 0 spiro atoms. The van der Waals surface area contributed by atoms with Gasteiger partial charge in [-0.3, -0.25) is 9.69 Å². The van der Waals surface area contributed by atoms with Crippen molar-refractivity contribution in [3.05, 3.63) is 24.3 Å². The summed E-state index contributed by atoms with van der Waals surface area (Å²) in [6.45, 7) is 8.33. The third-order valence-electron chi connectivity index (χ3n) is 4.35. The Morgan fingerprint density at radius 3 is 2.92 bits per heavy atom. The van der Waals surface area contributed by atoms with E-state index in [1.165, 1.54) is 11.8 Å². The van der Waals surface area contributed by atoms with E-state index in [0.717, 1.165) is 68.5 Å². The summed E-state index contributed by atoms with van der Waals surface area (Å²) < 4.78 is 7.50. The normalized spacial score (nSPS) is 15.6. The minimum atomic E-state index is 0.0710. The second-order valence-electron chi connectivity index (χ2n) is 6.07. The Hall–Kier alpha value is -1.57.